The SMILES string of the molecule is CCc1cc(NCc2nc(-c3ccco3)n[nH]2)nc(-c2ccncc2)n1. The molecule has 0 bridgehead atoms. The van der Waals surface area contributed by atoms with Gasteiger partial charge in [0, 0.05) is 29.7 Å². The third kappa shape index (κ3) is 3.44. The topological polar surface area (TPSA) is 105 Å². The van der Waals surface area contributed by atoms with Gasteiger partial charge in [0.25, 0.3) is 0 Å². The molecular weight excluding hydrogens is 330 g/mol. The Morgan fingerprint density at radius 1 is 1.08 bits per heavy atom. The van der Waals surface area contributed by atoms with Crippen molar-refractivity contribution in [3.05, 3.63) is 60.5 Å². The van der Waals surface area contributed by atoms with Gasteiger partial charge in [0.15, 0.2) is 11.6 Å². The third-order valence-corrected chi connectivity index (χ3v) is 3.79. The van der Waals surface area contributed by atoms with Crippen LogP contribution in [0.25, 0.3) is 23.0 Å². The maximum absolute atomic E-state index is 5.30. The van der Waals surface area contributed by atoms with E-state index in [0.29, 0.717) is 29.8 Å². The summed E-state index contributed by atoms with van der Waals surface area (Å²) in [6.45, 7) is 2.53. The zero-order valence-electron chi connectivity index (χ0n) is 14.2. The van der Waals surface area contributed by atoms with Crippen LogP contribution in [-0.2, 0) is 13.0 Å². The van der Waals surface area contributed by atoms with Crippen molar-refractivity contribution in [2.75, 3.05) is 5.32 Å². The van der Waals surface area contributed by atoms with E-state index in [0.717, 1.165) is 23.5 Å². The van der Waals surface area contributed by atoms with E-state index in [4.69, 9.17) is 4.42 Å². The van der Waals surface area contributed by atoms with Gasteiger partial charge in [-0.25, -0.2) is 15.0 Å². The molecule has 0 aliphatic rings. The molecule has 8 nitrogen and oxygen atoms in total. The lowest BCUT2D eigenvalue weighted by atomic mass is 10.2. The standard InChI is InChI=1S/C18H17N7O/c1-2-13-10-15(22-17(21-13)12-5-7-19-8-6-12)20-11-16-23-18(25-24-16)14-4-3-9-26-14/h3-10H,2,11H2,1H3,(H,20,21,22)(H,23,24,25). The lowest BCUT2D eigenvalue weighted by molar-refractivity contribution is 0.577. The Kier molecular flexibility index (Phi) is 4.38. The van der Waals surface area contributed by atoms with Crippen molar-refractivity contribution in [2.24, 2.45) is 0 Å². The second-order valence-corrected chi connectivity index (χ2v) is 5.59. The maximum Gasteiger partial charge on any atom is 0.216 e. The Morgan fingerprint density at radius 2 is 1.96 bits per heavy atom. The number of aryl methyl sites for hydroxylation is 1. The number of furan rings is 1. The van der Waals surface area contributed by atoms with Gasteiger partial charge in [0.05, 0.1) is 12.8 Å². The third-order valence-electron chi connectivity index (χ3n) is 3.79. The number of pyridine rings is 1. The fourth-order valence-electron chi connectivity index (χ4n) is 2.46. The van der Waals surface area contributed by atoms with Crippen molar-refractivity contribution in [3.8, 4) is 23.0 Å². The molecule has 0 saturated carbocycles. The highest BCUT2D eigenvalue weighted by molar-refractivity contribution is 5.56. The quantitative estimate of drug-likeness (QED) is 0.552. The van der Waals surface area contributed by atoms with Gasteiger partial charge in [-0.3, -0.25) is 10.1 Å². The fraction of sp³-hybridized carbons (Fsp3) is 0.167. The normalized spacial score (nSPS) is 10.8. The van der Waals surface area contributed by atoms with Gasteiger partial charge < -0.3 is 9.73 Å². The number of aromatic nitrogens is 6. The summed E-state index contributed by atoms with van der Waals surface area (Å²) in [6.07, 6.45) is 5.88. The van der Waals surface area contributed by atoms with Crippen LogP contribution in [0.5, 0.6) is 0 Å². The highest BCUT2D eigenvalue weighted by atomic mass is 16.3. The number of anilines is 1. The van der Waals surface area contributed by atoms with E-state index < -0.39 is 0 Å². The molecule has 8 heteroatoms. The number of nitrogens with one attached hydrogen (secondary N) is 2. The van der Waals surface area contributed by atoms with E-state index >= 15 is 0 Å². The molecule has 0 fully saturated rings. The van der Waals surface area contributed by atoms with E-state index in [1.807, 2.05) is 24.3 Å². The molecule has 0 aromatic carbocycles. The van der Waals surface area contributed by atoms with Gasteiger partial charge >= 0.3 is 0 Å². The molecule has 0 spiro atoms. The monoisotopic (exact) mass is 347 g/mol. The first-order valence-electron chi connectivity index (χ1n) is 8.29. The predicted octanol–water partition coefficient (Wildman–Crippen LogP) is 3.09. The Morgan fingerprint density at radius 3 is 2.73 bits per heavy atom. The van der Waals surface area contributed by atoms with Gasteiger partial charge in [-0.2, -0.15) is 0 Å². The molecule has 4 aromatic heterocycles. The molecule has 0 amide bonds. The molecule has 0 aliphatic heterocycles. The maximum atomic E-state index is 5.30. The van der Waals surface area contributed by atoms with Crippen LogP contribution in [0, 0.1) is 0 Å². The molecule has 4 heterocycles. The highest BCUT2D eigenvalue weighted by Crippen LogP contribution is 2.18. The summed E-state index contributed by atoms with van der Waals surface area (Å²) in [6, 6.07) is 9.35. The summed E-state index contributed by atoms with van der Waals surface area (Å²) < 4.78 is 5.30. The van der Waals surface area contributed by atoms with E-state index in [2.05, 4.69) is 42.4 Å². The minimum atomic E-state index is 0.462. The van der Waals surface area contributed by atoms with E-state index in [-0.39, 0.29) is 0 Å². The zero-order chi connectivity index (χ0) is 17.8. The van der Waals surface area contributed by atoms with E-state index in [1.165, 1.54) is 0 Å². The van der Waals surface area contributed by atoms with Crippen LogP contribution in [0.3, 0.4) is 0 Å². The lowest BCUT2D eigenvalue weighted by Crippen LogP contribution is -2.06. The highest BCUT2D eigenvalue weighted by Gasteiger charge is 2.10. The molecule has 2 N–H and O–H groups in total. The second kappa shape index (κ2) is 7.14. The van der Waals surface area contributed by atoms with Crippen molar-refractivity contribution in [3.63, 3.8) is 0 Å². The summed E-state index contributed by atoms with van der Waals surface area (Å²) in [5.41, 5.74) is 1.89. The molecule has 0 atom stereocenters. The molecule has 26 heavy (non-hydrogen) atoms. The molecule has 4 aromatic rings. The average molecular weight is 347 g/mol. The van der Waals surface area contributed by atoms with Crippen LogP contribution in [0.4, 0.5) is 5.82 Å². The number of H-pyrrole nitrogens is 1. The molecular formula is C18H17N7O. The smallest absolute Gasteiger partial charge is 0.216 e. The van der Waals surface area contributed by atoms with Gasteiger partial charge in [-0.05, 0) is 30.7 Å². The first-order chi connectivity index (χ1) is 12.8. The molecule has 0 aliphatic carbocycles. The Hall–Kier alpha value is -3.55. The zero-order valence-corrected chi connectivity index (χ0v) is 14.2. The van der Waals surface area contributed by atoms with Crippen molar-refractivity contribution in [2.45, 2.75) is 19.9 Å². The molecule has 0 saturated heterocycles. The van der Waals surface area contributed by atoms with Crippen LogP contribution >= 0.6 is 0 Å². The Balaban J connectivity index is 1.53. The first kappa shape index (κ1) is 15.9. The van der Waals surface area contributed by atoms with Crippen molar-refractivity contribution >= 4 is 5.82 Å². The summed E-state index contributed by atoms with van der Waals surface area (Å²) >= 11 is 0. The molecule has 0 radical (unpaired) electrons. The summed E-state index contributed by atoms with van der Waals surface area (Å²) in [4.78, 5) is 17.6. The summed E-state index contributed by atoms with van der Waals surface area (Å²) in [5.74, 6) is 3.25. The molecule has 0 unspecified atom stereocenters. The van der Waals surface area contributed by atoms with Gasteiger partial charge in [-0.15, -0.1) is 5.10 Å². The van der Waals surface area contributed by atoms with Crippen LogP contribution in [-0.4, -0.2) is 30.1 Å². The second-order valence-electron chi connectivity index (χ2n) is 5.59. The van der Waals surface area contributed by atoms with E-state index in [1.54, 1.807) is 24.7 Å². The number of hydrogen-bond donors (Lipinski definition) is 2. The van der Waals surface area contributed by atoms with Crippen LogP contribution < -0.4 is 5.32 Å². The van der Waals surface area contributed by atoms with Gasteiger partial charge in [0.1, 0.15) is 11.6 Å². The summed E-state index contributed by atoms with van der Waals surface area (Å²) in [7, 11) is 0. The number of rotatable bonds is 6. The predicted molar refractivity (Wildman–Crippen MR) is 96.1 cm³/mol. The average Bonchev–Trinajstić information content (AvgIpc) is 3.38. The Bertz CT molecular complexity index is 980. The lowest BCUT2D eigenvalue weighted by Gasteiger charge is -2.08. The Labute approximate surface area is 149 Å². The van der Waals surface area contributed by atoms with Crippen LogP contribution in [0.2, 0.25) is 0 Å². The minimum absolute atomic E-state index is 0.462. The van der Waals surface area contributed by atoms with Gasteiger partial charge in [0.2, 0.25) is 5.82 Å². The van der Waals surface area contributed by atoms with Crippen molar-refractivity contribution in [1.82, 2.24) is 30.1 Å². The number of hydrogen-bond acceptors (Lipinski definition) is 7. The number of aromatic amines is 1. The first-order valence-corrected chi connectivity index (χ1v) is 8.29. The van der Waals surface area contributed by atoms with Crippen molar-refractivity contribution in [1.29, 1.82) is 0 Å². The van der Waals surface area contributed by atoms with Gasteiger partial charge in [-0.1, -0.05) is 6.92 Å². The fourth-order valence-corrected chi connectivity index (χ4v) is 2.46. The van der Waals surface area contributed by atoms with E-state index in [9.17, 15) is 0 Å². The largest absolute Gasteiger partial charge is 0.461 e. The minimum Gasteiger partial charge on any atom is -0.461 e. The number of nitrogens with zero attached hydrogens (tertiary/aromatic N) is 5. The molecule has 130 valence electrons. The van der Waals surface area contributed by atoms with Crippen LogP contribution in [0.15, 0.2) is 53.4 Å². The van der Waals surface area contributed by atoms with Crippen LogP contribution in [0.1, 0.15) is 18.4 Å². The molecule has 4 rings (SSSR count). The summed E-state index contributed by atoms with van der Waals surface area (Å²) in [5, 5.41) is 10.3. The van der Waals surface area contributed by atoms with Crippen molar-refractivity contribution < 1.29 is 4.42 Å².